The van der Waals surface area contributed by atoms with E-state index < -0.39 is 439 Å². The summed E-state index contributed by atoms with van der Waals surface area (Å²) in [6.07, 6.45) is -100. The molecule has 9 rings (SSSR count). The lowest BCUT2D eigenvalue weighted by molar-refractivity contribution is -0.383. The average Bonchev–Trinajstić information content (AvgIpc) is 0.764. The predicted octanol–water partition coefficient (Wildman–Crippen LogP) is -24.0. The molecule has 9 saturated heterocycles. The van der Waals surface area contributed by atoms with Gasteiger partial charge < -0.3 is 275 Å². The van der Waals surface area contributed by atoms with Crippen molar-refractivity contribution in [2.75, 3.05) is 72.7 Å². The molecule has 9 aliphatic heterocycles. The van der Waals surface area contributed by atoms with Gasteiger partial charge in [-0.05, 0) is 0 Å². The van der Waals surface area contributed by atoms with Crippen molar-refractivity contribution >= 4 is 41.5 Å². The summed E-state index contributed by atoms with van der Waals surface area (Å²) >= 11 is 0. The highest BCUT2D eigenvalue weighted by Crippen LogP contribution is 2.42. The van der Waals surface area contributed by atoms with Gasteiger partial charge in [0.2, 0.25) is 29.5 Å². The van der Waals surface area contributed by atoms with E-state index in [1.54, 1.807) is 0 Å². The van der Waals surface area contributed by atoms with Crippen molar-refractivity contribution in [1.82, 2.24) is 26.6 Å². The second kappa shape index (κ2) is 50.5. The minimum atomic E-state index is -3.10. The molecular formula is C76H127N5O57. The summed E-state index contributed by atoms with van der Waals surface area (Å²) in [5.74, 6) is -15.1. The van der Waals surface area contributed by atoms with Gasteiger partial charge in [0.1, 0.15) is 232 Å². The molecule has 0 saturated carbocycles. The summed E-state index contributed by atoms with van der Waals surface area (Å²) in [5.41, 5.74) is 0. The Morgan fingerprint density at radius 3 is 0.942 bits per heavy atom. The molecule has 5 amide bonds. The van der Waals surface area contributed by atoms with Gasteiger partial charge in [-0.1, -0.05) is 0 Å². The van der Waals surface area contributed by atoms with Crippen molar-refractivity contribution in [2.24, 2.45) is 0 Å². The summed E-state index contributed by atoms with van der Waals surface area (Å²) in [4.78, 5) is 89.4. The molecule has 9 fully saturated rings. The van der Waals surface area contributed by atoms with Gasteiger partial charge in [0.15, 0.2) is 44.0 Å². The lowest BCUT2D eigenvalue weighted by atomic mass is 9.88. The molecule has 0 aromatic carbocycles. The van der Waals surface area contributed by atoms with E-state index >= 15 is 0 Å². The Kier molecular flexibility index (Phi) is 42.4. The lowest BCUT2D eigenvalue weighted by Crippen LogP contribution is -2.70. The normalized spacial score (nSPS) is 43.7. The van der Waals surface area contributed by atoms with Crippen molar-refractivity contribution in [3.05, 3.63) is 0 Å². The van der Waals surface area contributed by atoms with Gasteiger partial charge in [0.25, 0.3) is 11.6 Å². The number of hydrogen-bond acceptors (Lipinski definition) is 55. The molecular weight excluding hydrogens is 1890 g/mol. The van der Waals surface area contributed by atoms with Crippen LogP contribution in [0.25, 0.3) is 0 Å². The van der Waals surface area contributed by atoms with E-state index in [-0.39, 0.29) is 0 Å². The number of carboxylic acid groups (broad SMARTS) is 2. The topological polar surface area (TPSA) is 993 Å². The fourth-order valence-corrected chi connectivity index (χ4v) is 17.2. The number of carbonyl (C=O) groups excluding carboxylic acids is 5. The Hall–Kier alpha value is -5.63. The number of nitrogens with one attached hydrogen (secondary N) is 5. The summed E-state index contributed by atoms with van der Waals surface area (Å²) in [5, 5.41) is 365. The average molecular weight is 2020 g/mol. The van der Waals surface area contributed by atoms with Gasteiger partial charge in [-0.2, -0.15) is 0 Å². The molecule has 138 heavy (non-hydrogen) atoms. The predicted molar refractivity (Wildman–Crippen MR) is 424 cm³/mol. The largest absolute Gasteiger partial charge is 0.477 e. The number of hydrogen-bond donors (Lipinski definition) is 37. The maximum Gasteiger partial charge on any atom is 0.364 e. The zero-order chi connectivity index (χ0) is 103. The first-order valence-corrected chi connectivity index (χ1v) is 43.3. The van der Waals surface area contributed by atoms with Crippen molar-refractivity contribution in [3.8, 4) is 0 Å². The van der Waals surface area contributed by atoms with Crippen molar-refractivity contribution in [2.45, 2.75) is 359 Å². The molecule has 798 valence electrons. The number of aliphatic hydroxyl groups excluding tert-OH is 30. The van der Waals surface area contributed by atoms with E-state index in [1.165, 1.54) is 0 Å². The number of rotatable bonds is 43. The van der Waals surface area contributed by atoms with Gasteiger partial charge in [0.05, 0.1) is 97.0 Å². The minimum absolute atomic E-state index is 0.842. The van der Waals surface area contributed by atoms with E-state index in [0.29, 0.717) is 0 Å². The third-order valence-electron chi connectivity index (χ3n) is 24.5. The van der Waals surface area contributed by atoms with Gasteiger partial charge >= 0.3 is 11.9 Å². The fraction of sp³-hybridized carbons (Fsp3) is 0.908. The quantitative estimate of drug-likeness (QED) is 0.0270. The molecule has 37 N–H and O–H groups in total. The molecule has 9 heterocycles. The Balaban J connectivity index is 0.923. The molecule has 62 nitrogen and oxygen atoms in total. The monoisotopic (exact) mass is 2020 g/mol. The zero-order valence-corrected chi connectivity index (χ0v) is 74.0. The van der Waals surface area contributed by atoms with Gasteiger partial charge in [-0.15, -0.1) is 0 Å². The van der Waals surface area contributed by atoms with Crippen molar-refractivity contribution in [1.29, 1.82) is 0 Å². The van der Waals surface area contributed by atoms with Crippen LogP contribution in [-0.2, 0) is 119 Å². The lowest BCUT2D eigenvalue weighted by Gasteiger charge is -2.50. The maximum absolute atomic E-state index is 13.1. The maximum atomic E-state index is 13.1. The van der Waals surface area contributed by atoms with Crippen LogP contribution >= 0.6 is 0 Å². The molecule has 0 radical (unpaired) electrons. The summed E-state index contributed by atoms with van der Waals surface area (Å²) < 4.78 is 105. The number of aliphatic hydroxyl groups is 30. The van der Waals surface area contributed by atoms with Gasteiger partial charge in [-0.25, -0.2) is 9.59 Å². The van der Waals surface area contributed by atoms with Gasteiger partial charge in [0, 0.05) is 47.5 Å². The first kappa shape index (κ1) is 116. The summed E-state index contributed by atoms with van der Waals surface area (Å²) in [6.45, 7) is -8.99. The Labute approximate surface area is 779 Å². The van der Waals surface area contributed by atoms with Crippen LogP contribution in [0.1, 0.15) is 47.5 Å². The van der Waals surface area contributed by atoms with E-state index in [2.05, 4.69) is 26.6 Å². The first-order chi connectivity index (χ1) is 64.9. The molecule has 0 aromatic rings. The van der Waals surface area contributed by atoms with Crippen LogP contribution in [0.4, 0.5) is 0 Å². The SMILES string of the molecule is CC(=O)N[C@H]1[C@H](O[C@H]2[C@@H](O)[C@@H](CO[C@@H]3O[C@H](CO)[C@@H](O[C@@H]4O[C@H](CO)[C@H](O)[C@H](O[C@@H]5O[C@H](CO)[C@@H](O[C@@H]6O[C@H](CO[C@]7(C(=O)O)C[C@H](O)[C@@H](NC(C)=O)[C@H]([C@H](O)[C@H](O)CO)O7)[C@H](O)[C@H](O)[C@H]6O)[C@H](O)[C@H]5NC(C)=O)[C@H]4O)[C@H](O)[C@H]3NC(C)=O)O[C@@H](O[C@@H]([C@H](O)[C@@H](O)CO)[C@H](O)CO)[C@@H]2O)O[C@H](CO)[C@@H](O[C@@H]2O[C@H](CO[C@]3(C(=O)O)C[C@H](O)[C@@H](NC(C)=O)[C@H]([C@H](O)[C@H](O)CO)O3)[C@H](O)[C@H](O)[C@H]2O)[C@@H]1O. The van der Waals surface area contributed by atoms with Gasteiger partial charge in [-0.3, -0.25) is 24.0 Å². The number of carbonyl (C=O) groups is 7. The molecule has 62 heteroatoms. The molecule has 51 atom stereocenters. The van der Waals surface area contributed by atoms with E-state index in [1.807, 2.05) is 0 Å². The number of aliphatic carboxylic acids is 2. The van der Waals surface area contributed by atoms with E-state index in [0.717, 1.165) is 34.6 Å². The standard InChI is InChI=1S/C76H127N5O57/c1-19(90)77-37-24(95)6-75(73(117)118,137-62(37)43(102)27(98)9-83)122-17-35-45(104)52(111)54(113)69(129-35)132-60-32(14-88)126-67(40(50(60)109)80-22(4)93)135-64-47(106)30(12-86)124-71(56(64)115)134-59-31(13-87)125-66(39(49(59)108)79-21(3)92)121-16-34-48(107)65(57(116)72(128-34)131-58(29(100)11-85)42(101)26(97)8-82)136-68-41(81-23(5)94)51(110)61(33(15-89)127-68)133-70-55(114)53(112)46(105)36(130-70)18-123-76(74(119)120)7-25(96)38(78-20(2)91)63(138-76)44(103)28(99)10-84/h24-72,82-89,95-116H,6-18H2,1-5H3,(H,77,90)(H,78,91)(H,79,92)(H,80,93)(H,81,94)(H,117,118)(H,119,120)/t24-,25-,26-,27+,28+,29+,30+,31+,32+,33+,34+,35+,36+,37+,38+,39+,40+,41+,42+,43+,44+,45-,46-,47-,48-,49+,50+,51+,52-,53-,54+,55+,56+,57+,58+,59+,60+,61+,62+,63+,64-,65-,66+,67-,68-,69-,70-,71-,72-,75+,76+/m0/s1. The smallest absolute Gasteiger partial charge is 0.364 e. The third-order valence-corrected chi connectivity index (χ3v) is 24.5. The molecule has 0 bridgehead atoms. The number of ether oxygens (including phenoxy) is 18. The van der Waals surface area contributed by atoms with Crippen LogP contribution in [0.3, 0.4) is 0 Å². The second-order valence-corrected chi connectivity index (χ2v) is 34.4. The van der Waals surface area contributed by atoms with E-state index in [9.17, 15) is 197 Å². The van der Waals surface area contributed by atoms with Crippen LogP contribution in [0.5, 0.6) is 0 Å². The molecule has 0 aromatic heterocycles. The highest BCUT2D eigenvalue weighted by Gasteiger charge is 2.64. The van der Waals surface area contributed by atoms with E-state index in [4.69, 9.17) is 85.3 Å². The molecule has 0 aliphatic carbocycles. The second-order valence-electron chi connectivity index (χ2n) is 34.4. The highest BCUT2D eigenvalue weighted by molar-refractivity contribution is 5.78. The fourth-order valence-electron chi connectivity index (χ4n) is 17.2. The van der Waals surface area contributed by atoms with Crippen LogP contribution < -0.4 is 26.6 Å². The minimum Gasteiger partial charge on any atom is -0.477 e. The van der Waals surface area contributed by atoms with Crippen molar-refractivity contribution in [3.63, 3.8) is 0 Å². The highest BCUT2D eigenvalue weighted by atomic mass is 16.8. The Bertz CT molecular complexity index is 3870. The van der Waals surface area contributed by atoms with Crippen LogP contribution in [0.2, 0.25) is 0 Å². The molecule has 0 unspecified atom stereocenters. The first-order valence-electron chi connectivity index (χ1n) is 43.3. The van der Waals surface area contributed by atoms with Crippen molar-refractivity contribution < 1.29 is 282 Å². The number of amides is 5. The third kappa shape index (κ3) is 26.4. The summed E-state index contributed by atoms with van der Waals surface area (Å²) in [6, 6.07) is -9.48. The zero-order valence-electron chi connectivity index (χ0n) is 74.0. The van der Waals surface area contributed by atoms with Crippen LogP contribution in [-0.4, -0.2) is 589 Å². The summed E-state index contributed by atoms with van der Waals surface area (Å²) in [7, 11) is 0. The molecule has 0 spiro atoms. The van der Waals surface area contributed by atoms with Crippen LogP contribution in [0.15, 0.2) is 0 Å². The molecule has 9 aliphatic rings. The number of carboxylic acids is 2. The Morgan fingerprint density at radius 2 is 0.601 bits per heavy atom. The van der Waals surface area contributed by atoms with Crippen LogP contribution in [0, 0.1) is 0 Å². The Morgan fingerprint density at radius 1 is 0.312 bits per heavy atom.